The van der Waals surface area contributed by atoms with Crippen LogP contribution in [0.1, 0.15) is 18.4 Å². The third kappa shape index (κ3) is 3.42. The van der Waals surface area contributed by atoms with Crippen molar-refractivity contribution in [2.45, 2.75) is 18.9 Å². The maximum absolute atomic E-state index is 10.4. The number of aliphatic carboxylic acids is 1. The Morgan fingerprint density at radius 2 is 2.32 bits per heavy atom. The van der Waals surface area contributed by atoms with E-state index in [0.29, 0.717) is 5.56 Å². The van der Waals surface area contributed by atoms with Crippen LogP contribution in [0, 0.1) is 11.3 Å². The van der Waals surface area contributed by atoms with Gasteiger partial charge < -0.3 is 14.7 Å². The fraction of sp³-hybridized carbons (Fsp3) is 0.462. The van der Waals surface area contributed by atoms with Gasteiger partial charge in [0, 0.05) is 19.3 Å². The number of carboxylic acids is 1. The Labute approximate surface area is 111 Å². The van der Waals surface area contributed by atoms with Crippen molar-refractivity contribution in [2.24, 2.45) is 0 Å². The van der Waals surface area contributed by atoms with Crippen LogP contribution in [0.4, 0.5) is 5.69 Å². The standard InChI is InChI=1S/C13H15N3O3/c14-7-10-1-4-15-8-12(10)16-5-2-11(3-6-16)19-9-13(17)18/h1,4,8,11H,2-3,5-6,9H2,(H,17,18). The van der Waals surface area contributed by atoms with Crippen molar-refractivity contribution in [1.82, 2.24) is 4.98 Å². The summed E-state index contributed by atoms with van der Waals surface area (Å²) in [5, 5.41) is 17.6. The number of carbonyl (C=O) groups is 1. The molecule has 0 unspecified atom stereocenters. The third-order valence-corrected chi connectivity index (χ3v) is 3.15. The Morgan fingerprint density at radius 1 is 1.58 bits per heavy atom. The molecule has 0 atom stereocenters. The zero-order valence-corrected chi connectivity index (χ0v) is 10.5. The normalized spacial score (nSPS) is 16.1. The van der Waals surface area contributed by atoms with E-state index in [1.54, 1.807) is 18.5 Å². The van der Waals surface area contributed by atoms with Gasteiger partial charge >= 0.3 is 5.97 Å². The van der Waals surface area contributed by atoms with Crippen LogP contribution in [0.2, 0.25) is 0 Å². The summed E-state index contributed by atoms with van der Waals surface area (Å²) in [7, 11) is 0. The van der Waals surface area contributed by atoms with E-state index in [2.05, 4.69) is 16.0 Å². The maximum Gasteiger partial charge on any atom is 0.329 e. The number of rotatable bonds is 4. The number of nitrogens with zero attached hydrogens (tertiary/aromatic N) is 3. The summed E-state index contributed by atoms with van der Waals surface area (Å²) >= 11 is 0. The first kappa shape index (κ1) is 13.3. The van der Waals surface area contributed by atoms with Crippen LogP contribution in [0.15, 0.2) is 18.5 Å². The molecule has 1 aliphatic rings. The lowest BCUT2D eigenvalue weighted by molar-refractivity contribution is -0.144. The zero-order valence-electron chi connectivity index (χ0n) is 10.5. The molecule has 1 fully saturated rings. The summed E-state index contributed by atoms with van der Waals surface area (Å²) in [6.07, 6.45) is 4.79. The van der Waals surface area contributed by atoms with Crippen LogP contribution in [-0.2, 0) is 9.53 Å². The second-order valence-corrected chi connectivity index (χ2v) is 4.40. The van der Waals surface area contributed by atoms with Crippen molar-refractivity contribution >= 4 is 11.7 Å². The van der Waals surface area contributed by atoms with Gasteiger partial charge in [-0.2, -0.15) is 5.26 Å². The maximum atomic E-state index is 10.4. The Balaban J connectivity index is 1.93. The highest BCUT2D eigenvalue weighted by atomic mass is 16.5. The first-order valence-corrected chi connectivity index (χ1v) is 6.13. The highest BCUT2D eigenvalue weighted by Crippen LogP contribution is 2.23. The van der Waals surface area contributed by atoms with E-state index in [0.717, 1.165) is 31.6 Å². The molecule has 6 heteroatoms. The highest BCUT2D eigenvalue weighted by Gasteiger charge is 2.22. The number of ether oxygens (including phenoxy) is 1. The van der Waals surface area contributed by atoms with Gasteiger partial charge in [0.25, 0.3) is 0 Å². The molecular weight excluding hydrogens is 246 g/mol. The largest absolute Gasteiger partial charge is 0.480 e. The minimum atomic E-state index is -0.943. The second kappa shape index (κ2) is 6.16. The fourth-order valence-corrected chi connectivity index (χ4v) is 2.19. The van der Waals surface area contributed by atoms with Gasteiger partial charge in [-0.3, -0.25) is 4.98 Å². The van der Waals surface area contributed by atoms with Crippen LogP contribution in [0.5, 0.6) is 0 Å². The summed E-state index contributed by atoms with van der Waals surface area (Å²) in [4.78, 5) is 16.6. The molecule has 100 valence electrons. The Kier molecular flexibility index (Phi) is 4.31. The van der Waals surface area contributed by atoms with E-state index in [1.165, 1.54) is 0 Å². The SMILES string of the molecule is N#Cc1ccncc1N1CCC(OCC(=O)O)CC1. The van der Waals surface area contributed by atoms with Gasteiger partial charge in [-0.1, -0.05) is 0 Å². The Morgan fingerprint density at radius 3 is 2.95 bits per heavy atom. The van der Waals surface area contributed by atoms with Crippen LogP contribution >= 0.6 is 0 Å². The van der Waals surface area contributed by atoms with Gasteiger partial charge in [0.05, 0.1) is 23.6 Å². The molecule has 0 amide bonds. The highest BCUT2D eigenvalue weighted by molar-refractivity contribution is 5.68. The number of anilines is 1. The molecule has 0 bridgehead atoms. The monoisotopic (exact) mass is 261 g/mol. The summed E-state index contributed by atoms with van der Waals surface area (Å²) in [6, 6.07) is 3.85. The van der Waals surface area contributed by atoms with E-state index in [1.807, 2.05) is 0 Å². The lowest BCUT2D eigenvalue weighted by Crippen LogP contribution is -2.38. The molecule has 0 spiro atoms. The number of nitriles is 1. The topological polar surface area (TPSA) is 86.5 Å². The minimum absolute atomic E-state index is 0.0189. The number of hydrogen-bond acceptors (Lipinski definition) is 5. The lowest BCUT2D eigenvalue weighted by Gasteiger charge is -2.33. The van der Waals surface area contributed by atoms with Crippen molar-refractivity contribution in [3.05, 3.63) is 24.0 Å². The van der Waals surface area contributed by atoms with Gasteiger partial charge in [0.15, 0.2) is 0 Å². The van der Waals surface area contributed by atoms with Crippen molar-refractivity contribution in [3.8, 4) is 6.07 Å². The number of pyridine rings is 1. The first-order chi connectivity index (χ1) is 9.20. The molecule has 1 aliphatic heterocycles. The molecule has 6 nitrogen and oxygen atoms in total. The van der Waals surface area contributed by atoms with E-state index < -0.39 is 5.97 Å². The average Bonchev–Trinajstić information content (AvgIpc) is 2.45. The van der Waals surface area contributed by atoms with Gasteiger partial charge in [0.2, 0.25) is 0 Å². The van der Waals surface area contributed by atoms with Crippen LogP contribution in [-0.4, -0.2) is 41.9 Å². The third-order valence-electron chi connectivity index (χ3n) is 3.15. The second-order valence-electron chi connectivity index (χ2n) is 4.40. The van der Waals surface area contributed by atoms with Gasteiger partial charge in [-0.05, 0) is 18.9 Å². The van der Waals surface area contributed by atoms with Gasteiger partial charge in [-0.25, -0.2) is 4.79 Å². The van der Waals surface area contributed by atoms with Crippen LogP contribution in [0.25, 0.3) is 0 Å². The molecular formula is C13H15N3O3. The summed E-state index contributed by atoms with van der Waals surface area (Å²) in [5.41, 5.74) is 1.45. The van der Waals surface area contributed by atoms with E-state index in [-0.39, 0.29) is 12.7 Å². The Bertz CT molecular complexity index is 490. The molecule has 0 saturated carbocycles. The number of aromatic nitrogens is 1. The molecule has 0 aliphatic carbocycles. The van der Waals surface area contributed by atoms with Crippen LogP contribution < -0.4 is 4.90 Å². The Hall–Kier alpha value is -2.13. The molecule has 1 N–H and O–H groups in total. The van der Waals surface area contributed by atoms with Gasteiger partial charge in [0.1, 0.15) is 12.7 Å². The molecule has 1 saturated heterocycles. The van der Waals surface area contributed by atoms with Crippen molar-refractivity contribution in [2.75, 3.05) is 24.6 Å². The fourth-order valence-electron chi connectivity index (χ4n) is 2.19. The molecule has 2 rings (SSSR count). The molecule has 1 aromatic rings. The van der Waals surface area contributed by atoms with Crippen molar-refractivity contribution < 1.29 is 14.6 Å². The van der Waals surface area contributed by atoms with E-state index in [9.17, 15) is 4.79 Å². The lowest BCUT2D eigenvalue weighted by atomic mass is 10.1. The molecule has 1 aromatic heterocycles. The smallest absolute Gasteiger partial charge is 0.329 e. The molecule has 0 radical (unpaired) electrons. The number of piperidine rings is 1. The van der Waals surface area contributed by atoms with Gasteiger partial charge in [-0.15, -0.1) is 0 Å². The molecule has 0 aromatic carbocycles. The zero-order chi connectivity index (χ0) is 13.7. The summed E-state index contributed by atoms with van der Waals surface area (Å²) < 4.78 is 5.28. The summed E-state index contributed by atoms with van der Waals surface area (Å²) in [5.74, 6) is -0.943. The average molecular weight is 261 g/mol. The van der Waals surface area contributed by atoms with E-state index >= 15 is 0 Å². The van der Waals surface area contributed by atoms with Crippen LogP contribution in [0.3, 0.4) is 0 Å². The minimum Gasteiger partial charge on any atom is -0.480 e. The molecule has 2 heterocycles. The van der Waals surface area contributed by atoms with Crippen molar-refractivity contribution in [1.29, 1.82) is 5.26 Å². The molecule has 19 heavy (non-hydrogen) atoms. The quantitative estimate of drug-likeness (QED) is 0.870. The summed E-state index contributed by atoms with van der Waals surface area (Å²) in [6.45, 7) is 1.23. The predicted octanol–water partition coefficient (Wildman–Crippen LogP) is 1.02. The predicted molar refractivity (Wildman–Crippen MR) is 67.8 cm³/mol. The number of hydrogen-bond donors (Lipinski definition) is 1. The van der Waals surface area contributed by atoms with E-state index in [4.69, 9.17) is 15.1 Å². The van der Waals surface area contributed by atoms with Crippen molar-refractivity contribution in [3.63, 3.8) is 0 Å². The first-order valence-electron chi connectivity index (χ1n) is 6.13. The number of carboxylic acid groups (broad SMARTS) is 1.